The third-order valence-electron chi connectivity index (χ3n) is 3.00. The van der Waals surface area contributed by atoms with Gasteiger partial charge in [0.2, 0.25) is 0 Å². The van der Waals surface area contributed by atoms with E-state index in [1.807, 2.05) is 48.5 Å². The fourth-order valence-electron chi connectivity index (χ4n) is 2.04. The molecule has 0 saturated heterocycles. The maximum absolute atomic E-state index is 4.71. The summed E-state index contributed by atoms with van der Waals surface area (Å²) in [7, 11) is 0. The maximum Gasteiger partial charge on any atom is 0.187 e. The van der Waals surface area contributed by atoms with Gasteiger partial charge in [-0.1, -0.05) is 48.5 Å². The molecule has 3 heteroatoms. The molecular weight excluding hydrogens is 264 g/mol. The summed E-state index contributed by atoms with van der Waals surface area (Å²) >= 11 is 1.66. The molecule has 3 rings (SSSR count). The number of anilines is 2. The maximum atomic E-state index is 4.71. The zero-order chi connectivity index (χ0) is 13.8. The van der Waals surface area contributed by atoms with Crippen LogP contribution in [0.3, 0.4) is 0 Å². The molecule has 0 spiro atoms. The van der Waals surface area contributed by atoms with Crippen molar-refractivity contribution in [3.63, 3.8) is 0 Å². The smallest absolute Gasteiger partial charge is 0.187 e. The SMILES string of the molecule is [CH2]Cc1sc(Nc2ccccc2)nc1-c1ccccc1. The number of nitrogens with one attached hydrogen (secondary N) is 1. The molecule has 3 aromatic rings. The highest BCUT2D eigenvalue weighted by molar-refractivity contribution is 7.16. The van der Waals surface area contributed by atoms with E-state index in [9.17, 15) is 0 Å². The van der Waals surface area contributed by atoms with Gasteiger partial charge in [0.15, 0.2) is 5.13 Å². The molecule has 20 heavy (non-hydrogen) atoms. The minimum atomic E-state index is 0.748. The quantitative estimate of drug-likeness (QED) is 0.732. The van der Waals surface area contributed by atoms with Crippen molar-refractivity contribution in [3.8, 4) is 11.3 Å². The average Bonchev–Trinajstić information content (AvgIpc) is 2.92. The fraction of sp³-hybridized carbons (Fsp3) is 0.0588. The monoisotopic (exact) mass is 279 g/mol. The largest absolute Gasteiger partial charge is 0.332 e. The predicted molar refractivity (Wildman–Crippen MR) is 86.3 cm³/mol. The lowest BCUT2D eigenvalue weighted by molar-refractivity contribution is 1.29. The summed E-state index contributed by atoms with van der Waals surface area (Å²) in [4.78, 5) is 5.92. The molecule has 2 nitrogen and oxygen atoms in total. The second-order valence-electron chi connectivity index (χ2n) is 4.40. The van der Waals surface area contributed by atoms with Crippen LogP contribution in [0.1, 0.15) is 4.88 Å². The van der Waals surface area contributed by atoms with Crippen molar-refractivity contribution >= 4 is 22.2 Å². The Morgan fingerprint density at radius 2 is 1.60 bits per heavy atom. The standard InChI is InChI=1S/C17H15N2S/c1-2-15-16(13-9-5-3-6-10-13)19-17(20-15)18-14-11-7-4-8-12-14/h3-12H,1-2H2,(H,18,19). The molecule has 1 heterocycles. The van der Waals surface area contributed by atoms with Crippen LogP contribution in [-0.2, 0) is 6.42 Å². The van der Waals surface area contributed by atoms with Crippen LogP contribution in [0.4, 0.5) is 10.8 Å². The van der Waals surface area contributed by atoms with Crippen molar-refractivity contribution in [1.29, 1.82) is 0 Å². The van der Waals surface area contributed by atoms with Crippen LogP contribution in [0, 0.1) is 6.92 Å². The number of nitrogens with zero attached hydrogens (tertiary/aromatic N) is 1. The van der Waals surface area contributed by atoms with Crippen LogP contribution in [-0.4, -0.2) is 4.98 Å². The Balaban J connectivity index is 1.93. The zero-order valence-electron chi connectivity index (χ0n) is 11.0. The van der Waals surface area contributed by atoms with E-state index in [2.05, 4.69) is 24.4 Å². The lowest BCUT2D eigenvalue weighted by atomic mass is 10.1. The van der Waals surface area contributed by atoms with Gasteiger partial charge in [0, 0.05) is 16.1 Å². The van der Waals surface area contributed by atoms with Gasteiger partial charge in [-0.25, -0.2) is 4.98 Å². The molecule has 0 atom stereocenters. The Hall–Kier alpha value is -2.13. The first-order valence-electron chi connectivity index (χ1n) is 6.53. The third-order valence-corrected chi connectivity index (χ3v) is 4.03. The summed E-state index contributed by atoms with van der Waals surface area (Å²) in [5.74, 6) is 0. The van der Waals surface area contributed by atoms with Crippen LogP contribution >= 0.6 is 11.3 Å². The molecule has 0 fully saturated rings. The van der Waals surface area contributed by atoms with Gasteiger partial charge in [-0.2, -0.15) is 0 Å². The second-order valence-corrected chi connectivity index (χ2v) is 5.48. The van der Waals surface area contributed by atoms with E-state index in [0.29, 0.717) is 0 Å². The molecule has 0 aliphatic heterocycles. The van der Waals surface area contributed by atoms with Gasteiger partial charge in [-0.3, -0.25) is 0 Å². The lowest BCUT2D eigenvalue weighted by Crippen LogP contribution is -1.88. The summed E-state index contributed by atoms with van der Waals surface area (Å²) in [6.45, 7) is 4.01. The molecule has 0 saturated carbocycles. The number of hydrogen-bond acceptors (Lipinski definition) is 3. The molecule has 0 aliphatic carbocycles. The van der Waals surface area contributed by atoms with E-state index in [1.54, 1.807) is 11.3 Å². The molecule has 0 amide bonds. The van der Waals surface area contributed by atoms with Crippen molar-refractivity contribution in [2.45, 2.75) is 6.42 Å². The number of benzene rings is 2. The lowest BCUT2D eigenvalue weighted by Gasteiger charge is -2.00. The number of para-hydroxylation sites is 1. The first-order valence-corrected chi connectivity index (χ1v) is 7.35. The highest BCUT2D eigenvalue weighted by atomic mass is 32.1. The van der Waals surface area contributed by atoms with Gasteiger partial charge in [-0.05, 0) is 25.5 Å². The Bertz CT molecular complexity index is 675. The predicted octanol–water partition coefficient (Wildman–Crippen LogP) is 4.93. The van der Waals surface area contributed by atoms with E-state index in [1.165, 1.54) is 4.88 Å². The van der Waals surface area contributed by atoms with E-state index in [0.717, 1.165) is 28.5 Å². The van der Waals surface area contributed by atoms with Crippen molar-refractivity contribution in [2.75, 3.05) is 5.32 Å². The Morgan fingerprint density at radius 1 is 0.950 bits per heavy atom. The first-order chi connectivity index (χ1) is 9.86. The average molecular weight is 279 g/mol. The van der Waals surface area contributed by atoms with Crippen LogP contribution in [0.25, 0.3) is 11.3 Å². The summed E-state index contributed by atoms with van der Waals surface area (Å²) in [5.41, 5.74) is 3.23. The fourth-order valence-corrected chi connectivity index (χ4v) is 2.94. The molecule has 2 aromatic carbocycles. The van der Waals surface area contributed by atoms with Gasteiger partial charge >= 0.3 is 0 Å². The van der Waals surface area contributed by atoms with Gasteiger partial charge < -0.3 is 5.32 Å². The van der Waals surface area contributed by atoms with Gasteiger partial charge in [0.25, 0.3) is 0 Å². The van der Waals surface area contributed by atoms with Crippen molar-refractivity contribution in [2.24, 2.45) is 0 Å². The Kier molecular flexibility index (Phi) is 3.79. The minimum Gasteiger partial charge on any atom is -0.332 e. The van der Waals surface area contributed by atoms with Crippen LogP contribution in [0.2, 0.25) is 0 Å². The van der Waals surface area contributed by atoms with Gasteiger partial charge in [0.1, 0.15) is 0 Å². The van der Waals surface area contributed by atoms with Crippen LogP contribution in [0.15, 0.2) is 60.7 Å². The van der Waals surface area contributed by atoms with E-state index in [4.69, 9.17) is 4.98 Å². The minimum absolute atomic E-state index is 0.748. The number of aromatic nitrogens is 1. The summed E-state index contributed by atoms with van der Waals surface area (Å²) in [6, 6.07) is 20.3. The van der Waals surface area contributed by atoms with E-state index < -0.39 is 0 Å². The summed E-state index contributed by atoms with van der Waals surface area (Å²) < 4.78 is 0. The molecule has 0 aliphatic rings. The molecule has 1 N–H and O–H groups in total. The molecular formula is C17H15N2S. The third kappa shape index (κ3) is 2.73. The van der Waals surface area contributed by atoms with Crippen molar-refractivity contribution in [1.82, 2.24) is 4.98 Å². The molecule has 0 unspecified atom stereocenters. The van der Waals surface area contributed by atoms with Crippen molar-refractivity contribution in [3.05, 3.63) is 72.5 Å². The topological polar surface area (TPSA) is 24.9 Å². The number of thiazole rings is 1. The van der Waals surface area contributed by atoms with Gasteiger partial charge in [0.05, 0.1) is 5.69 Å². The molecule has 0 bridgehead atoms. The highest BCUT2D eigenvalue weighted by Crippen LogP contribution is 2.32. The van der Waals surface area contributed by atoms with Crippen LogP contribution in [0.5, 0.6) is 0 Å². The molecule has 1 radical (unpaired) electrons. The normalized spacial score (nSPS) is 10.4. The summed E-state index contributed by atoms with van der Waals surface area (Å²) in [6.07, 6.45) is 0.748. The molecule has 99 valence electrons. The number of hydrogen-bond donors (Lipinski definition) is 1. The zero-order valence-corrected chi connectivity index (χ0v) is 11.9. The van der Waals surface area contributed by atoms with Crippen molar-refractivity contribution < 1.29 is 0 Å². The highest BCUT2D eigenvalue weighted by Gasteiger charge is 2.11. The molecule has 1 aromatic heterocycles. The van der Waals surface area contributed by atoms with E-state index >= 15 is 0 Å². The first kappa shape index (κ1) is 12.9. The van der Waals surface area contributed by atoms with Gasteiger partial charge in [-0.15, -0.1) is 11.3 Å². The van der Waals surface area contributed by atoms with Crippen LogP contribution < -0.4 is 5.32 Å². The Labute approximate surface area is 123 Å². The number of rotatable bonds is 4. The second kappa shape index (κ2) is 5.88. The van der Waals surface area contributed by atoms with E-state index in [-0.39, 0.29) is 0 Å². The Morgan fingerprint density at radius 3 is 2.25 bits per heavy atom. The summed E-state index contributed by atoms with van der Waals surface area (Å²) in [5, 5.41) is 4.26.